The maximum absolute atomic E-state index is 11.1. The van der Waals surface area contributed by atoms with Gasteiger partial charge in [0.1, 0.15) is 0 Å². The molecule has 2 aliphatic carbocycles. The maximum atomic E-state index is 11.1. The molecule has 2 fully saturated rings. The van der Waals surface area contributed by atoms with Crippen LogP contribution in [0.5, 0.6) is 0 Å². The largest absolute Gasteiger partial charge is 0.390 e. The Morgan fingerprint density at radius 1 is 0.889 bits per heavy atom. The predicted octanol–water partition coefficient (Wildman–Crippen LogP) is 4.92. The number of aliphatic hydroxyl groups is 1. The summed E-state index contributed by atoms with van der Waals surface area (Å²) in [4.78, 5) is 0. The van der Waals surface area contributed by atoms with E-state index < -0.39 is 0 Å². The first-order valence-corrected chi connectivity index (χ1v) is 8.40. The molecule has 2 rings (SSSR count). The average molecular weight is 252 g/mol. The Morgan fingerprint density at radius 3 is 2.33 bits per heavy atom. The molecule has 1 nitrogen and oxygen atoms in total. The minimum absolute atomic E-state index is 0.308. The van der Waals surface area contributed by atoms with Crippen LogP contribution in [-0.4, -0.2) is 10.7 Å². The van der Waals surface area contributed by atoms with Crippen LogP contribution in [0.25, 0.3) is 0 Å². The van der Waals surface area contributed by atoms with Crippen molar-refractivity contribution in [2.45, 2.75) is 90.1 Å². The standard InChI is InChI=1S/C17H32O/c1-3-14-8-6-11-17(18,12-10-14)16-9-5-7-15(4-2)13-16/h14-16,18H,3-13H2,1-2H3. The molecule has 0 aromatic heterocycles. The quantitative estimate of drug-likeness (QED) is 0.707. The second-order valence-corrected chi connectivity index (χ2v) is 6.95. The molecule has 2 saturated carbocycles. The van der Waals surface area contributed by atoms with Gasteiger partial charge in [0.05, 0.1) is 5.60 Å². The third-order valence-corrected chi connectivity index (χ3v) is 5.91. The van der Waals surface area contributed by atoms with Crippen LogP contribution in [0.1, 0.15) is 84.5 Å². The smallest absolute Gasteiger partial charge is 0.0676 e. The molecular formula is C17H32O. The van der Waals surface area contributed by atoms with E-state index in [-0.39, 0.29) is 5.60 Å². The fourth-order valence-electron chi connectivity index (χ4n) is 4.39. The highest BCUT2D eigenvalue weighted by atomic mass is 16.3. The van der Waals surface area contributed by atoms with Crippen LogP contribution >= 0.6 is 0 Å². The van der Waals surface area contributed by atoms with Gasteiger partial charge in [0.25, 0.3) is 0 Å². The van der Waals surface area contributed by atoms with Crippen molar-refractivity contribution < 1.29 is 5.11 Å². The Balaban J connectivity index is 1.96. The molecule has 106 valence electrons. The number of hydrogen-bond donors (Lipinski definition) is 1. The predicted molar refractivity (Wildman–Crippen MR) is 77.6 cm³/mol. The van der Waals surface area contributed by atoms with E-state index in [9.17, 15) is 5.11 Å². The third kappa shape index (κ3) is 3.29. The highest BCUT2D eigenvalue weighted by Gasteiger charge is 2.40. The maximum Gasteiger partial charge on any atom is 0.0676 e. The van der Waals surface area contributed by atoms with Crippen molar-refractivity contribution in [3.05, 3.63) is 0 Å². The zero-order valence-electron chi connectivity index (χ0n) is 12.5. The molecule has 0 aromatic carbocycles. The van der Waals surface area contributed by atoms with Gasteiger partial charge in [0.2, 0.25) is 0 Å². The van der Waals surface area contributed by atoms with Crippen molar-refractivity contribution in [2.24, 2.45) is 17.8 Å². The lowest BCUT2D eigenvalue weighted by Crippen LogP contribution is -2.40. The van der Waals surface area contributed by atoms with Gasteiger partial charge in [0, 0.05) is 0 Å². The molecule has 1 N–H and O–H groups in total. The first kappa shape index (κ1) is 14.4. The van der Waals surface area contributed by atoms with Crippen molar-refractivity contribution in [1.29, 1.82) is 0 Å². The Hall–Kier alpha value is -0.0400. The number of rotatable bonds is 3. The molecule has 4 unspecified atom stereocenters. The number of hydrogen-bond acceptors (Lipinski definition) is 1. The first-order chi connectivity index (χ1) is 8.68. The van der Waals surface area contributed by atoms with Crippen LogP contribution in [0, 0.1) is 17.8 Å². The summed E-state index contributed by atoms with van der Waals surface area (Å²) in [6.07, 6.45) is 14.0. The van der Waals surface area contributed by atoms with Crippen molar-refractivity contribution in [1.82, 2.24) is 0 Å². The normalized spacial score (nSPS) is 42.5. The summed E-state index contributed by atoms with van der Waals surface area (Å²) in [5.74, 6) is 2.37. The van der Waals surface area contributed by atoms with Gasteiger partial charge in [-0.2, -0.15) is 0 Å². The van der Waals surface area contributed by atoms with Crippen LogP contribution in [0.15, 0.2) is 0 Å². The van der Waals surface area contributed by atoms with Gasteiger partial charge >= 0.3 is 0 Å². The summed E-state index contributed by atoms with van der Waals surface area (Å²) in [7, 11) is 0. The minimum atomic E-state index is -0.308. The molecular weight excluding hydrogens is 220 g/mol. The molecule has 0 heterocycles. The fraction of sp³-hybridized carbons (Fsp3) is 1.00. The topological polar surface area (TPSA) is 20.2 Å². The van der Waals surface area contributed by atoms with Gasteiger partial charge in [-0.1, -0.05) is 52.4 Å². The molecule has 0 aliphatic heterocycles. The summed E-state index contributed by atoms with van der Waals surface area (Å²) in [6.45, 7) is 4.63. The Kier molecular flexibility index (Phi) is 5.12. The lowest BCUT2D eigenvalue weighted by molar-refractivity contribution is -0.0540. The van der Waals surface area contributed by atoms with Gasteiger partial charge < -0.3 is 5.11 Å². The van der Waals surface area contributed by atoms with Crippen molar-refractivity contribution in [3.63, 3.8) is 0 Å². The molecule has 4 atom stereocenters. The van der Waals surface area contributed by atoms with Gasteiger partial charge in [-0.25, -0.2) is 0 Å². The summed E-state index contributed by atoms with van der Waals surface area (Å²) in [5, 5.41) is 11.1. The molecule has 1 heteroatoms. The molecule has 0 amide bonds. The molecule has 0 radical (unpaired) electrons. The van der Waals surface area contributed by atoms with Crippen molar-refractivity contribution in [2.75, 3.05) is 0 Å². The van der Waals surface area contributed by atoms with Crippen molar-refractivity contribution in [3.8, 4) is 0 Å². The van der Waals surface area contributed by atoms with Crippen molar-refractivity contribution >= 4 is 0 Å². The van der Waals surface area contributed by atoms with Crippen LogP contribution in [0.2, 0.25) is 0 Å². The lowest BCUT2D eigenvalue weighted by Gasteiger charge is -2.40. The van der Waals surface area contributed by atoms with Crippen LogP contribution in [0.4, 0.5) is 0 Å². The Bertz CT molecular complexity index is 250. The fourth-order valence-corrected chi connectivity index (χ4v) is 4.39. The third-order valence-electron chi connectivity index (χ3n) is 5.91. The Morgan fingerprint density at radius 2 is 1.61 bits per heavy atom. The molecule has 18 heavy (non-hydrogen) atoms. The van der Waals surface area contributed by atoms with E-state index in [1.807, 2.05) is 0 Å². The molecule has 0 bridgehead atoms. The zero-order valence-corrected chi connectivity index (χ0v) is 12.5. The van der Waals surface area contributed by atoms with Crippen LogP contribution < -0.4 is 0 Å². The van der Waals surface area contributed by atoms with Gasteiger partial charge in [-0.3, -0.25) is 0 Å². The summed E-state index contributed by atoms with van der Waals surface area (Å²) >= 11 is 0. The first-order valence-electron chi connectivity index (χ1n) is 8.40. The van der Waals surface area contributed by atoms with E-state index in [1.165, 1.54) is 57.8 Å². The molecule has 0 spiro atoms. The SMILES string of the molecule is CCC1CCCC(O)(C2CCCC(CC)C2)CC1. The molecule has 2 aliphatic rings. The highest BCUT2D eigenvalue weighted by molar-refractivity contribution is 4.92. The van der Waals surface area contributed by atoms with Gasteiger partial charge in [0.15, 0.2) is 0 Å². The summed E-state index contributed by atoms with van der Waals surface area (Å²) in [5.41, 5.74) is -0.308. The zero-order chi connectivity index (χ0) is 13.0. The van der Waals surface area contributed by atoms with Crippen LogP contribution in [-0.2, 0) is 0 Å². The monoisotopic (exact) mass is 252 g/mol. The second kappa shape index (κ2) is 6.41. The van der Waals surface area contributed by atoms with E-state index in [2.05, 4.69) is 13.8 Å². The minimum Gasteiger partial charge on any atom is -0.390 e. The molecule has 0 saturated heterocycles. The van der Waals surface area contributed by atoms with E-state index in [4.69, 9.17) is 0 Å². The summed E-state index contributed by atoms with van der Waals surface area (Å²) in [6, 6.07) is 0. The Labute approximate surface area is 113 Å². The van der Waals surface area contributed by atoms with E-state index in [0.29, 0.717) is 5.92 Å². The van der Waals surface area contributed by atoms with E-state index in [1.54, 1.807) is 0 Å². The lowest BCUT2D eigenvalue weighted by atomic mass is 9.69. The van der Waals surface area contributed by atoms with Crippen LogP contribution in [0.3, 0.4) is 0 Å². The van der Waals surface area contributed by atoms with Gasteiger partial charge in [-0.05, 0) is 49.9 Å². The van der Waals surface area contributed by atoms with E-state index in [0.717, 1.165) is 24.7 Å². The summed E-state index contributed by atoms with van der Waals surface area (Å²) < 4.78 is 0. The van der Waals surface area contributed by atoms with E-state index >= 15 is 0 Å². The average Bonchev–Trinajstić information content (AvgIpc) is 2.61. The highest BCUT2D eigenvalue weighted by Crippen LogP contribution is 2.44. The second-order valence-electron chi connectivity index (χ2n) is 6.95. The molecule has 0 aromatic rings. The van der Waals surface area contributed by atoms with Gasteiger partial charge in [-0.15, -0.1) is 0 Å².